The van der Waals surface area contributed by atoms with E-state index < -0.39 is 0 Å². The molecule has 8 heteroatoms. The van der Waals surface area contributed by atoms with Crippen LogP contribution >= 0.6 is 27.7 Å². The second-order valence-electron chi connectivity index (χ2n) is 8.86. The first-order valence-electron chi connectivity index (χ1n) is 12.0. The fourth-order valence-corrected chi connectivity index (χ4v) is 5.33. The molecule has 1 aliphatic rings. The van der Waals surface area contributed by atoms with Gasteiger partial charge in [-0.05, 0) is 80.0 Å². The van der Waals surface area contributed by atoms with Crippen LogP contribution in [0.1, 0.15) is 24.3 Å². The minimum Gasteiger partial charge on any atom is -0.338 e. The summed E-state index contributed by atoms with van der Waals surface area (Å²) in [7, 11) is 0. The Kier molecular flexibility index (Phi) is 8.15. The molecule has 6 nitrogen and oxygen atoms in total. The summed E-state index contributed by atoms with van der Waals surface area (Å²) in [6, 6.07) is 26.4. The molecule has 0 saturated carbocycles. The zero-order valence-corrected chi connectivity index (χ0v) is 22.2. The largest absolute Gasteiger partial charge is 0.338 e. The number of amides is 1. The molecule has 2 heterocycles. The van der Waals surface area contributed by atoms with E-state index in [4.69, 9.17) is 4.52 Å². The van der Waals surface area contributed by atoms with Gasteiger partial charge in [-0.25, -0.2) is 0 Å². The van der Waals surface area contributed by atoms with Crippen molar-refractivity contribution in [1.29, 1.82) is 0 Å². The van der Waals surface area contributed by atoms with Gasteiger partial charge in [-0.3, -0.25) is 9.69 Å². The molecule has 1 aromatic heterocycles. The molecule has 0 radical (unpaired) electrons. The van der Waals surface area contributed by atoms with Gasteiger partial charge in [0.2, 0.25) is 17.6 Å². The van der Waals surface area contributed by atoms with Crippen molar-refractivity contribution in [1.82, 2.24) is 15.0 Å². The molecule has 3 aromatic carbocycles. The van der Waals surface area contributed by atoms with Crippen LogP contribution in [0.5, 0.6) is 0 Å². The van der Waals surface area contributed by atoms with Crippen LogP contribution in [0, 0.1) is 5.92 Å². The van der Waals surface area contributed by atoms with Crippen molar-refractivity contribution in [2.45, 2.75) is 30.0 Å². The average Bonchev–Trinajstić information content (AvgIpc) is 3.38. The van der Waals surface area contributed by atoms with Gasteiger partial charge in [-0.15, -0.1) is 11.8 Å². The van der Waals surface area contributed by atoms with Crippen molar-refractivity contribution in [2.75, 3.05) is 18.4 Å². The maximum Gasteiger partial charge on any atom is 0.241 e. The number of anilines is 1. The van der Waals surface area contributed by atoms with Crippen molar-refractivity contribution >= 4 is 39.3 Å². The Labute approximate surface area is 223 Å². The smallest absolute Gasteiger partial charge is 0.241 e. The van der Waals surface area contributed by atoms with E-state index in [-0.39, 0.29) is 11.8 Å². The lowest BCUT2D eigenvalue weighted by Crippen LogP contribution is -2.37. The van der Waals surface area contributed by atoms with Gasteiger partial charge in [0.05, 0.1) is 6.54 Å². The average molecular weight is 564 g/mol. The highest BCUT2D eigenvalue weighted by Crippen LogP contribution is 2.25. The number of thioether (sulfide) groups is 1. The van der Waals surface area contributed by atoms with Crippen molar-refractivity contribution in [2.24, 2.45) is 5.92 Å². The number of piperidine rings is 1. The second-order valence-corrected chi connectivity index (χ2v) is 10.8. The summed E-state index contributed by atoms with van der Waals surface area (Å²) < 4.78 is 6.47. The molecular formula is C28H27BrN4O2S. The van der Waals surface area contributed by atoms with Gasteiger partial charge in [0.1, 0.15) is 0 Å². The Morgan fingerprint density at radius 1 is 1.00 bits per heavy atom. The van der Waals surface area contributed by atoms with Gasteiger partial charge in [0.15, 0.2) is 0 Å². The second kappa shape index (κ2) is 11.9. The van der Waals surface area contributed by atoms with Crippen LogP contribution in [-0.2, 0) is 17.1 Å². The number of nitrogens with zero attached hydrogens (tertiary/aromatic N) is 3. The predicted octanol–water partition coefficient (Wildman–Crippen LogP) is 6.64. The molecular weight excluding hydrogens is 536 g/mol. The number of carbonyl (C=O) groups excluding carboxylic acids is 1. The van der Waals surface area contributed by atoms with Crippen molar-refractivity contribution in [3.8, 4) is 11.4 Å². The van der Waals surface area contributed by atoms with E-state index in [0.29, 0.717) is 18.3 Å². The van der Waals surface area contributed by atoms with Gasteiger partial charge in [0, 0.05) is 32.3 Å². The molecule has 0 unspecified atom stereocenters. The van der Waals surface area contributed by atoms with Crippen LogP contribution in [0.3, 0.4) is 0 Å². The molecule has 1 N–H and O–H groups in total. The fraction of sp³-hybridized carbons (Fsp3) is 0.250. The molecule has 1 amide bonds. The number of likely N-dealkylation sites (tertiary alicyclic amines) is 1. The Balaban J connectivity index is 1.07. The third kappa shape index (κ3) is 6.63. The van der Waals surface area contributed by atoms with E-state index in [9.17, 15) is 4.79 Å². The summed E-state index contributed by atoms with van der Waals surface area (Å²) in [4.78, 5) is 20.9. The maximum atomic E-state index is 12.8. The zero-order chi connectivity index (χ0) is 24.7. The van der Waals surface area contributed by atoms with E-state index in [2.05, 4.69) is 72.7 Å². The number of nitrogens with one attached hydrogen (secondary N) is 1. The molecule has 1 fully saturated rings. The van der Waals surface area contributed by atoms with E-state index in [1.54, 1.807) is 0 Å². The summed E-state index contributed by atoms with van der Waals surface area (Å²) in [6.45, 7) is 2.24. The predicted molar refractivity (Wildman–Crippen MR) is 147 cm³/mol. The number of hydrogen-bond donors (Lipinski definition) is 1. The fourth-order valence-electron chi connectivity index (χ4n) is 4.19. The third-order valence-electron chi connectivity index (χ3n) is 6.26. The van der Waals surface area contributed by atoms with Crippen LogP contribution in [0.25, 0.3) is 11.4 Å². The Morgan fingerprint density at radius 2 is 1.72 bits per heavy atom. The molecule has 184 valence electrons. The summed E-state index contributed by atoms with van der Waals surface area (Å²) in [5.41, 5.74) is 3.01. The Morgan fingerprint density at radius 3 is 2.44 bits per heavy atom. The first-order chi connectivity index (χ1) is 17.6. The minimum atomic E-state index is 0.00979. The molecule has 5 rings (SSSR count). The number of rotatable bonds is 8. The highest BCUT2D eigenvalue weighted by Gasteiger charge is 2.26. The van der Waals surface area contributed by atoms with Crippen molar-refractivity contribution < 1.29 is 9.32 Å². The van der Waals surface area contributed by atoms with Crippen molar-refractivity contribution in [3.05, 3.63) is 94.8 Å². The molecule has 0 aliphatic carbocycles. The van der Waals surface area contributed by atoms with Gasteiger partial charge in [0.25, 0.3) is 0 Å². The molecule has 36 heavy (non-hydrogen) atoms. The zero-order valence-electron chi connectivity index (χ0n) is 19.8. The first kappa shape index (κ1) is 24.7. The van der Waals surface area contributed by atoms with E-state index in [1.165, 1.54) is 10.5 Å². The lowest BCUT2D eigenvalue weighted by atomic mass is 9.96. The molecule has 0 bridgehead atoms. The Hall–Kier alpha value is -2.94. The molecule has 0 spiro atoms. The number of benzene rings is 3. The lowest BCUT2D eigenvalue weighted by molar-refractivity contribution is -0.121. The molecule has 1 saturated heterocycles. The molecule has 1 aliphatic heterocycles. The standard InChI is InChI=1S/C28H27BrN4O2S/c29-23-10-8-21(9-11-23)27-31-26(35-32-27)18-33-16-14-22(15-17-33)28(34)30-24-12-6-20(7-13-24)19-36-25-4-2-1-3-5-25/h1-13,22H,14-19H2,(H,30,34). The van der Waals surface area contributed by atoms with Gasteiger partial charge >= 0.3 is 0 Å². The number of carbonyl (C=O) groups is 1. The normalized spacial score (nSPS) is 14.6. The van der Waals surface area contributed by atoms with E-state index >= 15 is 0 Å². The number of aromatic nitrogens is 2. The summed E-state index contributed by atoms with van der Waals surface area (Å²) >= 11 is 5.25. The van der Waals surface area contributed by atoms with Crippen LogP contribution in [0.2, 0.25) is 0 Å². The minimum absolute atomic E-state index is 0.00979. The van der Waals surface area contributed by atoms with E-state index in [0.717, 1.165) is 47.4 Å². The third-order valence-corrected chi connectivity index (χ3v) is 7.87. The Bertz CT molecular complexity index is 1270. The van der Waals surface area contributed by atoms with Crippen LogP contribution in [-0.4, -0.2) is 34.0 Å². The van der Waals surface area contributed by atoms with E-state index in [1.807, 2.05) is 54.2 Å². The topological polar surface area (TPSA) is 71.3 Å². The van der Waals surface area contributed by atoms with Crippen molar-refractivity contribution in [3.63, 3.8) is 0 Å². The summed E-state index contributed by atoms with van der Waals surface area (Å²) in [5.74, 6) is 2.20. The summed E-state index contributed by atoms with van der Waals surface area (Å²) in [6.07, 6.45) is 1.62. The lowest BCUT2D eigenvalue weighted by Gasteiger charge is -2.30. The number of hydrogen-bond acceptors (Lipinski definition) is 6. The van der Waals surface area contributed by atoms with Gasteiger partial charge in [-0.1, -0.05) is 51.4 Å². The highest BCUT2D eigenvalue weighted by atomic mass is 79.9. The van der Waals surface area contributed by atoms with Crippen LogP contribution in [0.15, 0.2) is 92.8 Å². The number of halogens is 1. The van der Waals surface area contributed by atoms with Gasteiger partial charge in [-0.2, -0.15) is 4.98 Å². The summed E-state index contributed by atoms with van der Waals surface area (Å²) in [5, 5.41) is 7.21. The first-order valence-corrected chi connectivity index (χ1v) is 13.8. The van der Waals surface area contributed by atoms with Crippen LogP contribution < -0.4 is 5.32 Å². The maximum absolute atomic E-state index is 12.8. The van der Waals surface area contributed by atoms with Crippen LogP contribution in [0.4, 0.5) is 5.69 Å². The molecule has 4 aromatic rings. The molecule has 0 atom stereocenters. The quantitative estimate of drug-likeness (QED) is 0.242. The van der Waals surface area contributed by atoms with Gasteiger partial charge < -0.3 is 9.84 Å². The monoisotopic (exact) mass is 562 g/mol. The SMILES string of the molecule is O=C(Nc1ccc(CSc2ccccc2)cc1)C1CCN(Cc2nc(-c3ccc(Br)cc3)no2)CC1. The highest BCUT2D eigenvalue weighted by molar-refractivity contribution is 9.10.